The largest absolute Gasteiger partial charge is 0.396 e. The first-order valence-electron chi connectivity index (χ1n) is 5.64. The number of hydrogen-bond acceptors (Lipinski definition) is 4. The van der Waals surface area contributed by atoms with Gasteiger partial charge in [-0.1, -0.05) is 20.3 Å². The van der Waals surface area contributed by atoms with Crippen LogP contribution in [0.15, 0.2) is 0 Å². The van der Waals surface area contributed by atoms with Crippen LogP contribution >= 0.6 is 0 Å². The van der Waals surface area contributed by atoms with Gasteiger partial charge in [0.15, 0.2) is 0 Å². The molecule has 0 heterocycles. The first-order valence-corrected chi connectivity index (χ1v) is 5.64. The monoisotopic (exact) mass is 220 g/mol. The van der Waals surface area contributed by atoms with E-state index in [-0.39, 0.29) is 25.9 Å². The summed E-state index contributed by atoms with van der Waals surface area (Å²) in [5.74, 6) is 0. The average Bonchev–Trinajstić information content (AvgIpc) is 2.28. The Kier molecular flexibility index (Phi) is 7.96. The predicted molar refractivity (Wildman–Crippen MR) is 58.6 cm³/mol. The van der Waals surface area contributed by atoms with Gasteiger partial charge in [0.2, 0.25) is 0 Å². The molecule has 1 atom stereocenters. The van der Waals surface area contributed by atoms with Crippen LogP contribution < -0.4 is 0 Å². The lowest BCUT2D eigenvalue weighted by Crippen LogP contribution is -2.46. The zero-order valence-corrected chi connectivity index (χ0v) is 9.78. The molecule has 3 N–H and O–H groups in total. The van der Waals surface area contributed by atoms with Gasteiger partial charge in [-0.2, -0.15) is 0 Å². The molecule has 0 fully saturated rings. The number of aliphatic hydroxyl groups excluding tert-OH is 3. The molecule has 4 heteroatoms. The van der Waals surface area contributed by atoms with Gasteiger partial charge < -0.3 is 20.1 Å². The summed E-state index contributed by atoms with van der Waals surface area (Å²) in [4.78, 5) is 0. The molecule has 0 saturated heterocycles. The molecular weight excluding hydrogens is 196 g/mol. The molecule has 0 aliphatic heterocycles. The molecule has 4 nitrogen and oxygen atoms in total. The van der Waals surface area contributed by atoms with Crippen molar-refractivity contribution < 1.29 is 20.1 Å². The molecule has 0 aliphatic carbocycles. The van der Waals surface area contributed by atoms with Crippen LogP contribution in [0.4, 0.5) is 0 Å². The van der Waals surface area contributed by atoms with E-state index in [1.807, 2.05) is 13.8 Å². The Bertz CT molecular complexity index is 137. The van der Waals surface area contributed by atoms with Gasteiger partial charge in [-0.05, 0) is 12.8 Å². The van der Waals surface area contributed by atoms with Crippen LogP contribution in [0.25, 0.3) is 0 Å². The lowest BCUT2D eigenvalue weighted by Gasteiger charge is -2.36. The van der Waals surface area contributed by atoms with Crippen molar-refractivity contribution in [1.82, 2.24) is 0 Å². The van der Waals surface area contributed by atoms with Crippen LogP contribution in [0.2, 0.25) is 0 Å². The standard InChI is InChI=1S/C11H24O4/c1-3-5-10(15-6-4-2)11(7-12,8-13)9-14/h10,12-14H,3-9H2,1-2H3. The summed E-state index contributed by atoms with van der Waals surface area (Å²) in [6, 6.07) is 0. The summed E-state index contributed by atoms with van der Waals surface area (Å²) in [6.07, 6.45) is 2.25. The van der Waals surface area contributed by atoms with Crippen LogP contribution in [0.1, 0.15) is 33.1 Å². The van der Waals surface area contributed by atoms with Crippen LogP contribution in [0.3, 0.4) is 0 Å². The zero-order valence-electron chi connectivity index (χ0n) is 9.78. The minimum atomic E-state index is -0.912. The maximum atomic E-state index is 9.27. The Hall–Kier alpha value is -0.160. The minimum absolute atomic E-state index is 0.256. The number of rotatable bonds is 9. The molecule has 15 heavy (non-hydrogen) atoms. The quantitative estimate of drug-likeness (QED) is 0.530. The van der Waals surface area contributed by atoms with Gasteiger partial charge in [-0.15, -0.1) is 0 Å². The van der Waals surface area contributed by atoms with E-state index in [1.54, 1.807) is 0 Å². The SMILES string of the molecule is CCCOC(CCC)C(CO)(CO)CO. The number of hydrogen-bond donors (Lipinski definition) is 3. The predicted octanol–water partition coefficient (Wildman–Crippen LogP) is 0.545. The van der Waals surface area contributed by atoms with Gasteiger partial charge >= 0.3 is 0 Å². The van der Waals surface area contributed by atoms with Crippen molar-refractivity contribution in [2.45, 2.75) is 39.2 Å². The molecule has 0 aromatic carbocycles. The van der Waals surface area contributed by atoms with Gasteiger partial charge in [0, 0.05) is 6.61 Å². The Morgan fingerprint density at radius 3 is 1.87 bits per heavy atom. The highest BCUT2D eigenvalue weighted by atomic mass is 16.5. The number of ether oxygens (including phenoxy) is 1. The van der Waals surface area contributed by atoms with Crippen molar-refractivity contribution in [3.8, 4) is 0 Å². The topological polar surface area (TPSA) is 69.9 Å². The fourth-order valence-electron chi connectivity index (χ4n) is 1.54. The van der Waals surface area contributed by atoms with Crippen LogP contribution in [0.5, 0.6) is 0 Å². The van der Waals surface area contributed by atoms with Crippen molar-refractivity contribution in [2.75, 3.05) is 26.4 Å². The molecule has 0 bridgehead atoms. The Morgan fingerprint density at radius 1 is 1.00 bits per heavy atom. The lowest BCUT2D eigenvalue weighted by atomic mass is 9.82. The van der Waals surface area contributed by atoms with E-state index in [1.165, 1.54) is 0 Å². The second-order valence-electron chi connectivity index (χ2n) is 3.98. The van der Waals surface area contributed by atoms with Gasteiger partial charge in [0.25, 0.3) is 0 Å². The molecule has 1 unspecified atom stereocenters. The third-order valence-electron chi connectivity index (χ3n) is 2.70. The van der Waals surface area contributed by atoms with Crippen LogP contribution in [-0.2, 0) is 4.74 Å². The first kappa shape index (κ1) is 14.8. The summed E-state index contributed by atoms with van der Waals surface area (Å²) in [7, 11) is 0. The van der Waals surface area contributed by atoms with Crippen LogP contribution in [-0.4, -0.2) is 47.9 Å². The highest BCUT2D eigenvalue weighted by Gasteiger charge is 2.37. The highest BCUT2D eigenvalue weighted by Crippen LogP contribution is 2.26. The maximum absolute atomic E-state index is 9.27. The maximum Gasteiger partial charge on any atom is 0.0697 e. The Balaban J connectivity index is 4.50. The van der Waals surface area contributed by atoms with Gasteiger partial charge in [0.1, 0.15) is 0 Å². The number of aliphatic hydroxyl groups is 3. The first-order chi connectivity index (χ1) is 7.20. The summed E-state index contributed by atoms with van der Waals surface area (Å²) in [5.41, 5.74) is -0.912. The second-order valence-corrected chi connectivity index (χ2v) is 3.98. The van der Waals surface area contributed by atoms with Gasteiger partial charge in [-0.3, -0.25) is 0 Å². The molecule has 0 saturated carbocycles. The van der Waals surface area contributed by atoms with E-state index in [0.717, 1.165) is 19.3 Å². The summed E-state index contributed by atoms with van der Waals surface area (Å²) in [6.45, 7) is 3.84. The third-order valence-corrected chi connectivity index (χ3v) is 2.70. The zero-order chi connectivity index (χ0) is 11.7. The summed E-state index contributed by atoms with van der Waals surface area (Å²) < 4.78 is 5.59. The van der Waals surface area contributed by atoms with E-state index in [9.17, 15) is 15.3 Å². The molecule has 0 spiro atoms. The van der Waals surface area contributed by atoms with Crippen molar-refractivity contribution in [2.24, 2.45) is 5.41 Å². The Labute approximate surface area is 91.9 Å². The summed E-state index contributed by atoms with van der Waals surface area (Å²) >= 11 is 0. The average molecular weight is 220 g/mol. The van der Waals surface area contributed by atoms with Gasteiger partial charge in [0.05, 0.1) is 31.3 Å². The van der Waals surface area contributed by atoms with Gasteiger partial charge in [-0.25, -0.2) is 0 Å². The van der Waals surface area contributed by atoms with E-state index in [2.05, 4.69) is 0 Å². The van der Waals surface area contributed by atoms with E-state index < -0.39 is 5.41 Å². The molecule has 0 amide bonds. The van der Waals surface area contributed by atoms with Crippen LogP contribution in [0, 0.1) is 5.41 Å². The normalized spacial score (nSPS) is 14.2. The fraction of sp³-hybridized carbons (Fsp3) is 1.00. The third kappa shape index (κ3) is 4.07. The molecule has 0 rings (SSSR count). The molecule has 0 aliphatic rings. The van der Waals surface area contributed by atoms with Crippen molar-refractivity contribution >= 4 is 0 Å². The van der Waals surface area contributed by atoms with E-state index in [0.29, 0.717) is 6.61 Å². The van der Waals surface area contributed by atoms with Crippen molar-refractivity contribution in [3.05, 3.63) is 0 Å². The Morgan fingerprint density at radius 2 is 1.53 bits per heavy atom. The molecular formula is C11H24O4. The molecule has 0 aromatic heterocycles. The molecule has 92 valence electrons. The fourth-order valence-corrected chi connectivity index (χ4v) is 1.54. The minimum Gasteiger partial charge on any atom is -0.396 e. The van der Waals surface area contributed by atoms with E-state index >= 15 is 0 Å². The molecule has 0 aromatic rings. The van der Waals surface area contributed by atoms with E-state index in [4.69, 9.17) is 4.74 Å². The second kappa shape index (κ2) is 8.05. The highest BCUT2D eigenvalue weighted by molar-refractivity contribution is 4.86. The van der Waals surface area contributed by atoms with Crippen molar-refractivity contribution in [1.29, 1.82) is 0 Å². The smallest absolute Gasteiger partial charge is 0.0697 e. The summed E-state index contributed by atoms with van der Waals surface area (Å²) in [5, 5.41) is 27.8. The lowest BCUT2D eigenvalue weighted by molar-refractivity contribution is -0.116. The van der Waals surface area contributed by atoms with Crippen molar-refractivity contribution in [3.63, 3.8) is 0 Å². The molecule has 0 radical (unpaired) electrons.